The molecule has 1 aliphatic rings. The van der Waals surface area contributed by atoms with Crippen LogP contribution in [0.1, 0.15) is 48.8 Å². The van der Waals surface area contributed by atoms with E-state index in [4.69, 9.17) is 0 Å². The molecule has 0 atom stereocenters. The summed E-state index contributed by atoms with van der Waals surface area (Å²) in [5.41, 5.74) is 4.29. The number of rotatable bonds is 3. The number of benzene rings is 1. The van der Waals surface area contributed by atoms with Crippen LogP contribution in [0.2, 0.25) is 0 Å². The quantitative estimate of drug-likeness (QED) is 0.905. The molecule has 0 radical (unpaired) electrons. The van der Waals surface area contributed by atoms with Gasteiger partial charge in [-0.3, -0.25) is 4.79 Å². The van der Waals surface area contributed by atoms with Gasteiger partial charge in [-0.2, -0.15) is 0 Å². The molecule has 1 fully saturated rings. The summed E-state index contributed by atoms with van der Waals surface area (Å²) in [6.07, 6.45) is 6.45. The number of hydrogen-bond acceptors (Lipinski definition) is 2. The molecule has 2 aromatic rings. The van der Waals surface area contributed by atoms with E-state index in [1.165, 1.54) is 43.2 Å². The largest absolute Gasteiger partial charge is 0.322 e. The molecule has 0 bridgehead atoms. The van der Waals surface area contributed by atoms with Crippen LogP contribution in [0.4, 0.5) is 0 Å². The monoisotopic (exact) mass is 284 g/mol. The zero-order valence-electron chi connectivity index (χ0n) is 13.0. The van der Waals surface area contributed by atoms with Crippen LogP contribution in [0.3, 0.4) is 0 Å². The maximum atomic E-state index is 12.2. The van der Waals surface area contributed by atoms with Crippen molar-refractivity contribution >= 4 is 10.9 Å². The van der Waals surface area contributed by atoms with E-state index in [1.54, 1.807) is 0 Å². The first-order chi connectivity index (χ1) is 10.1. The number of H-pyrrole nitrogens is 1. The molecule has 2 N–H and O–H groups in total. The number of aromatic nitrogens is 1. The van der Waals surface area contributed by atoms with Gasteiger partial charge in [-0.25, -0.2) is 0 Å². The van der Waals surface area contributed by atoms with Gasteiger partial charge in [0.25, 0.3) is 5.56 Å². The third kappa shape index (κ3) is 3.18. The predicted octanol–water partition coefficient (Wildman–Crippen LogP) is 3.57. The molecule has 0 amide bonds. The van der Waals surface area contributed by atoms with E-state index in [-0.39, 0.29) is 5.56 Å². The second-order valence-corrected chi connectivity index (χ2v) is 6.36. The highest BCUT2D eigenvalue weighted by Gasteiger charge is 2.13. The number of aromatic amines is 1. The Kier molecular flexibility index (Phi) is 4.11. The molecule has 1 aliphatic carbocycles. The molecule has 3 rings (SSSR count). The number of aryl methyl sites for hydroxylation is 2. The van der Waals surface area contributed by atoms with Gasteiger partial charge in [-0.15, -0.1) is 0 Å². The number of nitrogens with one attached hydrogen (secondary N) is 2. The predicted molar refractivity (Wildman–Crippen MR) is 87.8 cm³/mol. The maximum absolute atomic E-state index is 12.2. The SMILES string of the molecule is Cc1cc2cc(CNC3CCCCC3)c(=O)[nH]c2cc1C. The summed E-state index contributed by atoms with van der Waals surface area (Å²) >= 11 is 0. The van der Waals surface area contributed by atoms with Gasteiger partial charge in [-0.05, 0) is 61.4 Å². The maximum Gasteiger partial charge on any atom is 0.252 e. The van der Waals surface area contributed by atoms with Crippen molar-refractivity contribution in [1.29, 1.82) is 0 Å². The molecule has 1 aromatic heterocycles. The molecule has 112 valence electrons. The summed E-state index contributed by atoms with van der Waals surface area (Å²) in [6, 6.07) is 6.83. The first-order valence-electron chi connectivity index (χ1n) is 8.00. The van der Waals surface area contributed by atoms with Gasteiger partial charge < -0.3 is 10.3 Å². The highest BCUT2D eigenvalue weighted by molar-refractivity contribution is 5.80. The van der Waals surface area contributed by atoms with Gasteiger partial charge in [0, 0.05) is 23.7 Å². The standard InChI is InChI=1S/C18H24N2O/c1-12-8-14-10-15(11-19-16-6-4-3-5-7-16)18(21)20-17(14)9-13(12)2/h8-10,16,19H,3-7,11H2,1-2H3,(H,20,21). The Bertz CT molecular complexity index is 696. The number of fused-ring (bicyclic) bond motifs is 1. The van der Waals surface area contributed by atoms with Crippen molar-refractivity contribution < 1.29 is 0 Å². The van der Waals surface area contributed by atoms with Crippen LogP contribution in [-0.2, 0) is 6.54 Å². The minimum Gasteiger partial charge on any atom is -0.322 e. The molecule has 0 unspecified atom stereocenters. The Morgan fingerprint density at radius 1 is 1.10 bits per heavy atom. The molecule has 21 heavy (non-hydrogen) atoms. The first kappa shape index (κ1) is 14.3. The Morgan fingerprint density at radius 3 is 2.57 bits per heavy atom. The third-order valence-electron chi connectivity index (χ3n) is 4.72. The molecular formula is C18H24N2O. The molecule has 1 saturated carbocycles. The summed E-state index contributed by atoms with van der Waals surface area (Å²) < 4.78 is 0. The molecular weight excluding hydrogens is 260 g/mol. The average molecular weight is 284 g/mol. The molecule has 1 heterocycles. The second kappa shape index (κ2) is 6.02. The number of pyridine rings is 1. The van der Waals surface area contributed by atoms with Crippen LogP contribution in [0, 0.1) is 13.8 Å². The summed E-state index contributed by atoms with van der Waals surface area (Å²) in [5, 5.41) is 4.67. The molecule has 0 spiro atoms. The molecule has 0 saturated heterocycles. The topological polar surface area (TPSA) is 44.9 Å². The van der Waals surface area contributed by atoms with E-state index in [0.717, 1.165) is 16.5 Å². The summed E-state index contributed by atoms with van der Waals surface area (Å²) in [5.74, 6) is 0. The van der Waals surface area contributed by atoms with Crippen molar-refractivity contribution in [1.82, 2.24) is 10.3 Å². The first-order valence-corrected chi connectivity index (χ1v) is 8.00. The van der Waals surface area contributed by atoms with E-state index in [9.17, 15) is 4.79 Å². The van der Waals surface area contributed by atoms with Gasteiger partial charge in [-0.1, -0.05) is 19.3 Å². The van der Waals surface area contributed by atoms with E-state index >= 15 is 0 Å². The normalized spacial score (nSPS) is 16.5. The fourth-order valence-electron chi connectivity index (χ4n) is 3.21. The molecule has 1 aromatic carbocycles. The van der Waals surface area contributed by atoms with Gasteiger partial charge >= 0.3 is 0 Å². The van der Waals surface area contributed by atoms with Gasteiger partial charge in [0.05, 0.1) is 0 Å². The lowest BCUT2D eigenvalue weighted by molar-refractivity contribution is 0.372. The Labute approximate surface area is 125 Å². The van der Waals surface area contributed by atoms with Crippen molar-refractivity contribution in [3.63, 3.8) is 0 Å². The third-order valence-corrected chi connectivity index (χ3v) is 4.72. The van der Waals surface area contributed by atoms with Crippen molar-refractivity contribution in [3.8, 4) is 0 Å². The Balaban J connectivity index is 1.83. The smallest absolute Gasteiger partial charge is 0.252 e. The van der Waals surface area contributed by atoms with E-state index in [1.807, 2.05) is 6.07 Å². The van der Waals surface area contributed by atoms with Crippen LogP contribution in [-0.4, -0.2) is 11.0 Å². The van der Waals surface area contributed by atoms with Crippen LogP contribution in [0.5, 0.6) is 0 Å². The van der Waals surface area contributed by atoms with E-state index in [2.05, 4.69) is 36.3 Å². The lowest BCUT2D eigenvalue weighted by Crippen LogP contribution is -2.32. The lowest BCUT2D eigenvalue weighted by atomic mass is 9.95. The van der Waals surface area contributed by atoms with Gasteiger partial charge in [0.2, 0.25) is 0 Å². The second-order valence-electron chi connectivity index (χ2n) is 6.36. The van der Waals surface area contributed by atoms with Crippen LogP contribution < -0.4 is 10.9 Å². The van der Waals surface area contributed by atoms with E-state index in [0.29, 0.717) is 12.6 Å². The molecule has 3 nitrogen and oxygen atoms in total. The van der Waals surface area contributed by atoms with Crippen molar-refractivity contribution in [2.45, 2.75) is 58.5 Å². The van der Waals surface area contributed by atoms with Crippen molar-refractivity contribution in [3.05, 3.63) is 45.2 Å². The zero-order chi connectivity index (χ0) is 14.8. The van der Waals surface area contributed by atoms with Crippen LogP contribution >= 0.6 is 0 Å². The summed E-state index contributed by atoms with van der Waals surface area (Å²) in [7, 11) is 0. The fraction of sp³-hybridized carbons (Fsp3) is 0.500. The Morgan fingerprint density at radius 2 is 1.81 bits per heavy atom. The zero-order valence-corrected chi connectivity index (χ0v) is 13.0. The van der Waals surface area contributed by atoms with Crippen LogP contribution in [0.15, 0.2) is 23.0 Å². The number of hydrogen-bond donors (Lipinski definition) is 2. The van der Waals surface area contributed by atoms with Gasteiger partial charge in [0.15, 0.2) is 0 Å². The average Bonchev–Trinajstić information content (AvgIpc) is 2.48. The lowest BCUT2D eigenvalue weighted by Gasteiger charge is -2.22. The van der Waals surface area contributed by atoms with Crippen molar-refractivity contribution in [2.24, 2.45) is 0 Å². The Hall–Kier alpha value is -1.61. The highest BCUT2D eigenvalue weighted by Crippen LogP contribution is 2.19. The molecule has 0 aliphatic heterocycles. The summed E-state index contributed by atoms with van der Waals surface area (Å²) in [4.78, 5) is 15.2. The van der Waals surface area contributed by atoms with Crippen LogP contribution in [0.25, 0.3) is 10.9 Å². The highest BCUT2D eigenvalue weighted by atomic mass is 16.1. The molecule has 3 heteroatoms. The minimum atomic E-state index is 0.0362. The fourth-order valence-corrected chi connectivity index (χ4v) is 3.21. The van der Waals surface area contributed by atoms with Gasteiger partial charge in [0.1, 0.15) is 0 Å². The minimum absolute atomic E-state index is 0.0362. The summed E-state index contributed by atoms with van der Waals surface area (Å²) in [6.45, 7) is 4.86. The van der Waals surface area contributed by atoms with Crippen molar-refractivity contribution in [2.75, 3.05) is 0 Å². The van der Waals surface area contributed by atoms with E-state index < -0.39 is 0 Å².